The van der Waals surface area contributed by atoms with Gasteiger partial charge in [0, 0.05) is 34.3 Å². The van der Waals surface area contributed by atoms with Gasteiger partial charge < -0.3 is 27.6 Å². The van der Waals surface area contributed by atoms with E-state index in [0.717, 1.165) is 42.5 Å². The lowest BCUT2D eigenvalue weighted by atomic mass is 10.1. The predicted octanol–water partition coefficient (Wildman–Crippen LogP) is 4.36. The van der Waals surface area contributed by atoms with Crippen LogP contribution in [-0.2, 0) is 56.1 Å². The summed E-state index contributed by atoms with van der Waals surface area (Å²) >= 11 is 16.5. The van der Waals surface area contributed by atoms with Crippen molar-refractivity contribution in [1.29, 1.82) is 0 Å². The van der Waals surface area contributed by atoms with Crippen LogP contribution in [0, 0.1) is 0 Å². The van der Waals surface area contributed by atoms with E-state index in [1.807, 2.05) is 0 Å². The number of anilines is 4. The largest absolute Gasteiger partial charge is 0.507 e. The molecule has 5 rings (SSSR count). The number of hydrogen-bond acceptors (Lipinski definition) is 15. The molecule has 0 heterocycles. The number of nitrogens with one attached hydrogen (secondary N) is 1. The smallest absolute Gasteiger partial charge is 0.296 e. The lowest BCUT2D eigenvalue weighted by Gasteiger charge is -2.09. The summed E-state index contributed by atoms with van der Waals surface area (Å²) in [7, 11) is -21.3. The van der Waals surface area contributed by atoms with Crippen molar-refractivity contribution < 1.29 is 70.2 Å². The highest BCUT2D eigenvalue weighted by Gasteiger charge is 2.20. The standard InChI is InChI=1S/C16H17ClN2O6S2.C10H9NO7S2.C6H5Cl2NO3S/c17-7-8-26(21,22)10-11-1-3-12(4-2-11)16(20)19-13-5-6-14(18)15(9-13)27(23,24)25;11-8-3-6(19(13,14)15)1-5-2-7(20(16,17)18)4-9(12)10(5)8;7-3-2-6(13(10,11)12)4(8)1-5(3)9/h1-6,9H,7-8,10,18H2,(H,19,20)(H,23,24,25);1-4,12H,11H2,(H,13,14,15)(H,16,17,18);1-2H,9H2,(H,10,11,12). The highest BCUT2D eigenvalue weighted by Crippen LogP contribution is 2.35. The van der Waals surface area contributed by atoms with E-state index in [4.69, 9.17) is 70.2 Å². The molecular formula is C32H31Cl3N4O16S5. The monoisotopic (exact) mass is 992 g/mol. The Kier molecular flexibility index (Phi) is 15.8. The molecule has 5 aromatic rings. The van der Waals surface area contributed by atoms with Gasteiger partial charge in [-0.05, 0) is 71.6 Å². The average Bonchev–Trinajstić information content (AvgIpc) is 3.09. The molecule has 0 saturated carbocycles. The number of amides is 1. The number of phenols is 1. The van der Waals surface area contributed by atoms with Crippen molar-refractivity contribution in [1.82, 2.24) is 0 Å². The molecule has 1 amide bonds. The van der Waals surface area contributed by atoms with Crippen LogP contribution in [0.5, 0.6) is 5.75 Å². The first-order valence-corrected chi connectivity index (χ1v) is 24.5. The summed E-state index contributed by atoms with van der Waals surface area (Å²) in [5.74, 6) is -1.40. The summed E-state index contributed by atoms with van der Waals surface area (Å²) < 4.78 is 147. The lowest BCUT2D eigenvalue weighted by Crippen LogP contribution is -2.14. The number of halogens is 3. The Labute approximate surface area is 357 Å². The Morgan fingerprint density at radius 1 is 0.600 bits per heavy atom. The molecule has 0 radical (unpaired) electrons. The summed E-state index contributed by atoms with van der Waals surface area (Å²) in [6.07, 6.45) is 0. The number of aromatic hydroxyl groups is 1. The van der Waals surface area contributed by atoms with Crippen LogP contribution in [0.1, 0.15) is 15.9 Å². The maximum Gasteiger partial charge on any atom is 0.296 e. The molecule has 20 nitrogen and oxygen atoms in total. The predicted molar refractivity (Wildman–Crippen MR) is 224 cm³/mol. The number of fused-ring (bicyclic) bond motifs is 1. The zero-order valence-corrected chi connectivity index (χ0v) is 36.1. The first-order valence-electron chi connectivity index (χ1n) is 15.6. The molecule has 0 fully saturated rings. The van der Waals surface area contributed by atoms with Crippen molar-refractivity contribution in [2.24, 2.45) is 0 Å². The van der Waals surface area contributed by atoms with E-state index in [9.17, 15) is 52.0 Å². The van der Waals surface area contributed by atoms with Crippen LogP contribution < -0.4 is 22.5 Å². The van der Waals surface area contributed by atoms with Crippen molar-refractivity contribution in [3.05, 3.63) is 100 Å². The van der Waals surface area contributed by atoms with E-state index in [-0.39, 0.29) is 66.5 Å². The van der Waals surface area contributed by atoms with E-state index < -0.39 is 81.5 Å². The third-order valence-corrected chi connectivity index (χ3v) is 13.7. The van der Waals surface area contributed by atoms with Crippen LogP contribution in [0.3, 0.4) is 0 Å². The van der Waals surface area contributed by atoms with Gasteiger partial charge in [-0.25, -0.2) is 8.42 Å². The minimum atomic E-state index is -4.59. The molecule has 28 heteroatoms. The van der Waals surface area contributed by atoms with Crippen molar-refractivity contribution in [2.45, 2.75) is 25.3 Å². The van der Waals surface area contributed by atoms with Crippen molar-refractivity contribution >= 4 is 125 Å². The van der Waals surface area contributed by atoms with Gasteiger partial charge in [-0.15, -0.1) is 11.6 Å². The molecule has 12 N–H and O–H groups in total. The molecule has 0 aliphatic rings. The molecule has 5 aromatic carbocycles. The number of nitrogens with two attached hydrogens (primary N) is 3. The summed E-state index contributed by atoms with van der Waals surface area (Å²) in [4.78, 5) is 10.1. The van der Waals surface area contributed by atoms with Gasteiger partial charge in [0.2, 0.25) is 0 Å². The highest BCUT2D eigenvalue weighted by molar-refractivity contribution is 7.90. The van der Waals surface area contributed by atoms with Crippen molar-refractivity contribution in [3.8, 4) is 5.75 Å². The van der Waals surface area contributed by atoms with Crippen LogP contribution in [0.2, 0.25) is 10.0 Å². The molecule has 0 aliphatic carbocycles. The van der Waals surface area contributed by atoms with E-state index >= 15 is 0 Å². The van der Waals surface area contributed by atoms with Gasteiger partial charge in [0.25, 0.3) is 46.4 Å². The lowest BCUT2D eigenvalue weighted by molar-refractivity contribution is 0.102. The van der Waals surface area contributed by atoms with E-state index in [0.29, 0.717) is 5.56 Å². The van der Waals surface area contributed by atoms with Crippen molar-refractivity contribution in [2.75, 3.05) is 34.2 Å². The Bertz CT molecular complexity index is 2970. The third kappa shape index (κ3) is 13.8. The third-order valence-electron chi connectivity index (χ3n) is 7.47. The number of rotatable bonds is 10. The van der Waals surface area contributed by atoms with Crippen molar-refractivity contribution in [3.63, 3.8) is 0 Å². The molecule has 0 saturated heterocycles. The number of nitrogen functional groups attached to an aromatic ring is 3. The van der Waals surface area contributed by atoms with Crippen LogP contribution in [0.25, 0.3) is 10.8 Å². The second kappa shape index (κ2) is 19.0. The molecule has 0 unspecified atom stereocenters. The van der Waals surface area contributed by atoms with Crippen LogP contribution in [0.4, 0.5) is 22.7 Å². The van der Waals surface area contributed by atoms with Crippen LogP contribution in [0.15, 0.2) is 98.4 Å². The zero-order chi connectivity index (χ0) is 45.8. The number of benzene rings is 5. The summed E-state index contributed by atoms with van der Waals surface area (Å²) in [5.41, 5.74) is 17.1. The number of carbonyl (C=O) groups excluding carboxylic acids is 1. The minimum absolute atomic E-state index is 0.00444. The maximum atomic E-state index is 12.3. The Morgan fingerprint density at radius 2 is 1.13 bits per heavy atom. The second-order valence-corrected chi connectivity index (χ2v) is 20.9. The van der Waals surface area contributed by atoms with Gasteiger partial charge in [-0.3, -0.25) is 23.0 Å². The van der Waals surface area contributed by atoms with Gasteiger partial charge in [0.05, 0.1) is 42.7 Å². The highest BCUT2D eigenvalue weighted by atomic mass is 35.5. The number of carbonyl (C=O) groups is 1. The number of phenolic OH excluding ortho intramolecular Hbond substituents is 1. The van der Waals surface area contributed by atoms with E-state index in [1.165, 1.54) is 36.4 Å². The Morgan fingerprint density at radius 3 is 1.63 bits per heavy atom. The molecule has 0 aliphatic heterocycles. The molecule has 0 atom stereocenters. The van der Waals surface area contributed by atoms with Crippen LogP contribution in [-0.4, -0.2) is 82.9 Å². The maximum absolute atomic E-state index is 12.3. The van der Waals surface area contributed by atoms with E-state index in [1.54, 1.807) is 0 Å². The fourth-order valence-corrected chi connectivity index (χ4v) is 9.53. The summed E-state index contributed by atoms with van der Waals surface area (Å²) in [6.45, 7) is 0. The molecule has 326 valence electrons. The van der Waals surface area contributed by atoms with E-state index in [2.05, 4.69) is 5.32 Å². The van der Waals surface area contributed by atoms with Crippen LogP contribution >= 0.6 is 34.8 Å². The second-order valence-electron chi connectivity index (χ2n) is 11.9. The van der Waals surface area contributed by atoms with Gasteiger partial charge >= 0.3 is 0 Å². The fourth-order valence-electron chi connectivity index (χ4n) is 4.74. The molecule has 60 heavy (non-hydrogen) atoms. The SMILES string of the molecule is Nc1cc(Cl)c(S(=O)(=O)O)cc1Cl.Nc1cc(S(=O)(=O)O)cc2cc(S(=O)(=O)O)cc(O)c12.Nc1ccc(NC(=O)c2ccc(CS(=O)(=O)CCCl)cc2)cc1S(=O)(=O)O. The topological polar surface area (TPSA) is 379 Å². The summed E-state index contributed by atoms with van der Waals surface area (Å²) in [6, 6.07) is 15.3. The Balaban J connectivity index is 0.000000256. The average molecular weight is 994 g/mol. The normalized spacial score (nSPS) is 12.1. The number of alkyl halides is 1. The molecule has 0 aromatic heterocycles. The molecular weight excluding hydrogens is 963 g/mol. The first kappa shape index (κ1) is 49.8. The van der Waals surface area contributed by atoms with Gasteiger partial charge in [0.15, 0.2) is 9.84 Å². The Hall–Kier alpha value is -4.51. The number of sulfone groups is 1. The zero-order valence-electron chi connectivity index (χ0n) is 29.8. The minimum Gasteiger partial charge on any atom is -0.507 e. The van der Waals surface area contributed by atoms with Gasteiger partial charge in [-0.2, -0.15) is 33.7 Å². The number of hydrogen-bond donors (Lipinski definition) is 9. The molecule has 0 spiro atoms. The first-order chi connectivity index (χ1) is 27.3. The van der Waals surface area contributed by atoms with Gasteiger partial charge in [-0.1, -0.05) is 35.3 Å². The fraction of sp³-hybridized carbons (Fsp3) is 0.0938. The molecule has 0 bridgehead atoms. The summed E-state index contributed by atoms with van der Waals surface area (Å²) in [5, 5.41) is 12.0. The quantitative estimate of drug-likeness (QED) is 0.0533. The van der Waals surface area contributed by atoms with Gasteiger partial charge in [0.1, 0.15) is 15.5 Å².